The van der Waals surface area contributed by atoms with E-state index >= 15 is 0 Å². The standard InChI is InChI=1S/C20H20N4O3/c25-14-22-9-11-23(12-10-22)19(26)16-5-7-21-17(13-16)20(27)24-8-6-15-3-1-2-4-18(15)24/h1-5,7,13-14H,6,8-12H2. The summed E-state index contributed by atoms with van der Waals surface area (Å²) in [5.41, 5.74) is 2.77. The van der Waals surface area contributed by atoms with Gasteiger partial charge in [-0.15, -0.1) is 0 Å². The predicted molar refractivity (Wildman–Crippen MR) is 99.6 cm³/mol. The van der Waals surface area contributed by atoms with E-state index < -0.39 is 0 Å². The van der Waals surface area contributed by atoms with Crippen molar-refractivity contribution in [2.75, 3.05) is 37.6 Å². The smallest absolute Gasteiger partial charge is 0.276 e. The van der Waals surface area contributed by atoms with Gasteiger partial charge in [0.25, 0.3) is 11.8 Å². The third kappa shape index (κ3) is 3.28. The molecule has 2 aliphatic heterocycles. The summed E-state index contributed by atoms with van der Waals surface area (Å²) in [7, 11) is 0. The Balaban J connectivity index is 1.52. The lowest BCUT2D eigenvalue weighted by Gasteiger charge is -2.32. The van der Waals surface area contributed by atoms with Gasteiger partial charge in [-0.25, -0.2) is 0 Å². The largest absolute Gasteiger partial charge is 0.342 e. The second-order valence-corrected chi connectivity index (χ2v) is 6.70. The molecule has 0 saturated carbocycles. The van der Waals surface area contributed by atoms with E-state index in [1.54, 1.807) is 26.8 Å². The number of fused-ring (bicyclic) bond motifs is 1. The van der Waals surface area contributed by atoms with Gasteiger partial charge in [0.05, 0.1) is 0 Å². The minimum absolute atomic E-state index is 0.140. The van der Waals surface area contributed by atoms with Crippen LogP contribution in [0.3, 0.4) is 0 Å². The molecule has 1 saturated heterocycles. The summed E-state index contributed by atoms with van der Waals surface area (Å²) in [6.07, 6.45) is 3.13. The average Bonchev–Trinajstić information content (AvgIpc) is 3.17. The lowest BCUT2D eigenvalue weighted by molar-refractivity contribution is -0.119. The van der Waals surface area contributed by atoms with E-state index in [-0.39, 0.29) is 17.5 Å². The van der Waals surface area contributed by atoms with Crippen molar-refractivity contribution in [3.63, 3.8) is 0 Å². The number of benzene rings is 1. The summed E-state index contributed by atoms with van der Waals surface area (Å²) in [5, 5.41) is 0. The maximum Gasteiger partial charge on any atom is 0.276 e. The number of nitrogens with zero attached hydrogens (tertiary/aromatic N) is 4. The Bertz CT molecular complexity index is 890. The first-order valence-electron chi connectivity index (χ1n) is 9.02. The van der Waals surface area contributed by atoms with Crippen molar-refractivity contribution in [1.82, 2.24) is 14.8 Å². The molecular weight excluding hydrogens is 344 g/mol. The molecule has 138 valence electrons. The summed E-state index contributed by atoms with van der Waals surface area (Å²) in [6, 6.07) is 11.0. The van der Waals surface area contributed by atoms with Crippen molar-refractivity contribution in [1.29, 1.82) is 0 Å². The molecule has 0 unspecified atom stereocenters. The van der Waals surface area contributed by atoms with Crippen LogP contribution >= 0.6 is 0 Å². The molecule has 2 aliphatic rings. The molecule has 7 nitrogen and oxygen atoms in total. The highest BCUT2D eigenvalue weighted by atomic mass is 16.2. The lowest BCUT2D eigenvalue weighted by atomic mass is 10.1. The molecule has 3 amide bonds. The molecule has 0 aliphatic carbocycles. The third-order valence-corrected chi connectivity index (χ3v) is 5.11. The molecule has 27 heavy (non-hydrogen) atoms. The van der Waals surface area contributed by atoms with Crippen LogP contribution in [-0.2, 0) is 11.2 Å². The fraction of sp³-hybridized carbons (Fsp3) is 0.300. The fourth-order valence-electron chi connectivity index (χ4n) is 3.58. The number of amides is 3. The van der Waals surface area contributed by atoms with Gasteiger partial charge in [-0.2, -0.15) is 0 Å². The molecular formula is C20H20N4O3. The Morgan fingerprint density at radius 1 is 0.963 bits per heavy atom. The van der Waals surface area contributed by atoms with Crippen LogP contribution in [0.5, 0.6) is 0 Å². The summed E-state index contributed by atoms with van der Waals surface area (Å²) >= 11 is 0. The number of anilines is 1. The average molecular weight is 364 g/mol. The van der Waals surface area contributed by atoms with Crippen molar-refractivity contribution in [3.8, 4) is 0 Å². The number of hydrogen-bond donors (Lipinski definition) is 0. The highest BCUT2D eigenvalue weighted by Gasteiger charge is 2.27. The Morgan fingerprint density at radius 3 is 2.52 bits per heavy atom. The van der Waals surface area contributed by atoms with Gasteiger partial charge in [0, 0.05) is 50.2 Å². The van der Waals surface area contributed by atoms with Crippen LogP contribution in [0.15, 0.2) is 42.6 Å². The number of hydrogen-bond acceptors (Lipinski definition) is 4. The first-order chi connectivity index (χ1) is 13.2. The van der Waals surface area contributed by atoms with Gasteiger partial charge in [0.2, 0.25) is 6.41 Å². The van der Waals surface area contributed by atoms with Gasteiger partial charge < -0.3 is 14.7 Å². The highest BCUT2D eigenvalue weighted by Crippen LogP contribution is 2.28. The lowest BCUT2D eigenvalue weighted by Crippen LogP contribution is -2.48. The van der Waals surface area contributed by atoms with Crippen LogP contribution in [0, 0.1) is 0 Å². The van der Waals surface area contributed by atoms with Crippen molar-refractivity contribution in [2.45, 2.75) is 6.42 Å². The number of para-hydroxylation sites is 1. The maximum atomic E-state index is 12.9. The number of aromatic nitrogens is 1. The normalized spacial score (nSPS) is 16.2. The van der Waals surface area contributed by atoms with Crippen molar-refractivity contribution < 1.29 is 14.4 Å². The molecule has 0 atom stereocenters. The van der Waals surface area contributed by atoms with Gasteiger partial charge in [-0.3, -0.25) is 19.4 Å². The highest BCUT2D eigenvalue weighted by molar-refractivity contribution is 6.07. The molecule has 3 heterocycles. The van der Waals surface area contributed by atoms with Crippen molar-refractivity contribution in [3.05, 3.63) is 59.4 Å². The summed E-state index contributed by atoms with van der Waals surface area (Å²) < 4.78 is 0. The Hall–Kier alpha value is -3.22. The molecule has 2 aromatic rings. The van der Waals surface area contributed by atoms with Crippen LogP contribution in [-0.4, -0.2) is 65.7 Å². The first-order valence-corrected chi connectivity index (χ1v) is 9.02. The monoisotopic (exact) mass is 364 g/mol. The Kier molecular flexibility index (Phi) is 4.58. The molecule has 0 spiro atoms. The van der Waals surface area contributed by atoms with Crippen LogP contribution in [0.25, 0.3) is 0 Å². The maximum absolute atomic E-state index is 12.9. The molecule has 0 bridgehead atoms. The second kappa shape index (κ2) is 7.19. The first kappa shape index (κ1) is 17.2. The van der Waals surface area contributed by atoms with E-state index in [0.29, 0.717) is 38.3 Å². The molecule has 4 rings (SSSR count). The van der Waals surface area contributed by atoms with Gasteiger partial charge in [0.15, 0.2) is 0 Å². The number of carbonyl (C=O) groups is 3. The number of rotatable bonds is 3. The van der Waals surface area contributed by atoms with Crippen molar-refractivity contribution in [2.24, 2.45) is 0 Å². The van der Waals surface area contributed by atoms with E-state index in [0.717, 1.165) is 24.1 Å². The zero-order chi connectivity index (χ0) is 18.8. The van der Waals surface area contributed by atoms with E-state index in [2.05, 4.69) is 4.98 Å². The van der Waals surface area contributed by atoms with E-state index in [9.17, 15) is 14.4 Å². The topological polar surface area (TPSA) is 73.8 Å². The molecule has 1 aromatic heterocycles. The minimum Gasteiger partial charge on any atom is -0.342 e. The van der Waals surface area contributed by atoms with E-state index in [1.165, 1.54) is 6.20 Å². The Labute approximate surface area is 157 Å². The fourth-order valence-corrected chi connectivity index (χ4v) is 3.58. The van der Waals surface area contributed by atoms with Crippen LogP contribution in [0.4, 0.5) is 5.69 Å². The third-order valence-electron chi connectivity index (χ3n) is 5.11. The molecule has 1 fully saturated rings. The van der Waals surface area contributed by atoms with Gasteiger partial charge >= 0.3 is 0 Å². The van der Waals surface area contributed by atoms with Crippen LogP contribution in [0.2, 0.25) is 0 Å². The summed E-state index contributed by atoms with van der Waals surface area (Å²) in [6.45, 7) is 2.64. The second-order valence-electron chi connectivity index (χ2n) is 6.70. The number of piperazine rings is 1. The Morgan fingerprint density at radius 2 is 1.74 bits per heavy atom. The van der Waals surface area contributed by atoms with Crippen LogP contribution in [0.1, 0.15) is 26.4 Å². The van der Waals surface area contributed by atoms with E-state index in [1.807, 2.05) is 24.3 Å². The zero-order valence-corrected chi connectivity index (χ0v) is 14.9. The molecule has 0 radical (unpaired) electrons. The summed E-state index contributed by atoms with van der Waals surface area (Å²) in [4.78, 5) is 45.8. The minimum atomic E-state index is -0.194. The van der Waals surface area contributed by atoms with E-state index in [4.69, 9.17) is 0 Å². The molecule has 0 N–H and O–H groups in total. The molecule has 1 aromatic carbocycles. The summed E-state index contributed by atoms with van der Waals surface area (Å²) in [5.74, 6) is -0.334. The van der Waals surface area contributed by atoms with Gasteiger partial charge in [-0.05, 0) is 30.2 Å². The quantitative estimate of drug-likeness (QED) is 0.767. The van der Waals surface area contributed by atoms with Crippen LogP contribution < -0.4 is 4.90 Å². The zero-order valence-electron chi connectivity index (χ0n) is 14.9. The SMILES string of the molecule is O=CN1CCN(C(=O)c2ccnc(C(=O)N3CCc4ccccc43)c2)CC1. The van der Waals surface area contributed by atoms with Gasteiger partial charge in [-0.1, -0.05) is 18.2 Å². The predicted octanol–water partition coefficient (Wildman–Crippen LogP) is 1.20. The van der Waals surface area contributed by atoms with Gasteiger partial charge in [0.1, 0.15) is 5.69 Å². The number of pyridine rings is 1. The number of carbonyl (C=O) groups excluding carboxylic acids is 3. The van der Waals surface area contributed by atoms with Crippen molar-refractivity contribution >= 4 is 23.9 Å². The molecule has 7 heteroatoms.